The zero-order valence-corrected chi connectivity index (χ0v) is 11.2. The summed E-state index contributed by atoms with van der Waals surface area (Å²) in [6.07, 6.45) is 5.32. The van der Waals surface area contributed by atoms with E-state index in [2.05, 4.69) is 27.7 Å². The molecule has 0 bridgehead atoms. The van der Waals surface area contributed by atoms with Crippen LogP contribution in [0.3, 0.4) is 0 Å². The molecule has 2 aliphatic carbocycles. The summed E-state index contributed by atoms with van der Waals surface area (Å²) in [7, 11) is 0. The van der Waals surface area contributed by atoms with Gasteiger partial charge in [0.15, 0.2) is 0 Å². The van der Waals surface area contributed by atoms with Crippen LogP contribution in [0.2, 0.25) is 0 Å². The second-order valence-electron chi connectivity index (χ2n) is 6.83. The molecule has 0 aromatic carbocycles. The summed E-state index contributed by atoms with van der Waals surface area (Å²) in [6.45, 7) is 9.57. The van der Waals surface area contributed by atoms with E-state index in [1.165, 1.54) is 31.3 Å². The first-order valence-electron chi connectivity index (χ1n) is 6.74. The van der Waals surface area contributed by atoms with E-state index in [9.17, 15) is 5.11 Å². The van der Waals surface area contributed by atoms with E-state index in [1.807, 2.05) is 0 Å². The molecular formula is C15H26O. The molecule has 0 aromatic rings. The molecule has 0 aromatic heterocycles. The Morgan fingerprint density at radius 3 is 2.69 bits per heavy atom. The van der Waals surface area contributed by atoms with Crippen LogP contribution in [0.1, 0.15) is 53.4 Å². The van der Waals surface area contributed by atoms with Gasteiger partial charge in [0.25, 0.3) is 0 Å². The molecule has 1 nitrogen and oxygen atoms in total. The van der Waals surface area contributed by atoms with E-state index in [0.29, 0.717) is 5.41 Å². The van der Waals surface area contributed by atoms with Gasteiger partial charge in [-0.2, -0.15) is 0 Å². The molecule has 0 aliphatic heterocycles. The maximum atomic E-state index is 9.39. The van der Waals surface area contributed by atoms with E-state index in [4.69, 9.17) is 0 Å². The number of rotatable bonds is 1. The van der Waals surface area contributed by atoms with Crippen LogP contribution in [0.5, 0.6) is 0 Å². The lowest BCUT2D eigenvalue weighted by molar-refractivity contribution is 0.161. The highest BCUT2D eigenvalue weighted by Gasteiger charge is 2.44. The molecule has 0 amide bonds. The maximum absolute atomic E-state index is 9.39. The Bertz CT molecular complexity index is 301. The largest absolute Gasteiger partial charge is 0.392 e. The fourth-order valence-corrected chi connectivity index (χ4v) is 3.97. The van der Waals surface area contributed by atoms with Gasteiger partial charge < -0.3 is 5.11 Å². The zero-order valence-electron chi connectivity index (χ0n) is 11.2. The van der Waals surface area contributed by atoms with Gasteiger partial charge in [-0.05, 0) is 61.3 Å². The SMILES string of the molecule is C/C(CO)=C1/CC(C)(C)C[C@@H]2[C@@H]1CC[C@@H]2C. The van der Waals surface area contributed by atoms with E-state index >= 15 is 0 Å². The molecule has 2 aliphatic rings. The van der Waals surface area contributed by atoms with Crippen LogP contribution < -0.4 is 0 Å². The average Bonchev–Trinajstić information content (AvgIpc) is 2.57. The van der Waals surface area contributed by atoms with E-state index in [1.54, 1.807) is 5.57 Å². The highest BCUT2D eigenvalue weighted by atomic mass is 16.3. The Morgan fingerprint density at radius 2 is 2.06 bits per heavy atom. The Labute approximate surface area is 99.9 Å². The maximum Gasteiger partial charge on any atom is 0.0641 e. The summed E-state index contributed by atoms with van der Waals surface area (Å²) >= 11 is 0. The predicted octanol–water partition coefficient (Wildman–Crippen LogP) is 3.78. The van der Waals surface area contributed by atoms with Crippen LogP contribution in [-0.2, 0) is 0 Å². The highest BCUT2D eigenvalue weighted by Crippen LogP contribution is 2.54. The Balaban J connectivity index is 2.32. The van der Waals surface area contributed by atoms with Crippen molar-refractivity contribution >= 4 is 0 Å². The lowest BCUT2D eigenvalue weighted by Gasteiger charge is -2.42. The smallest absolute Gasteiger partial charge is 0.0641 e. The number of hydrogen-bond donors (Lipinski definition) is 1. The first-order chi connectivity index (χ1) is 7.44. The van der Waals surface area contributed by atoms with Crippen molar-refractivity contribution in [2.24, 2.45) is 23.2 Å². The molecule has 3 atom stereocenters. The van der Waals surface area contributed by atoms with Gasteiger partial charge in [0.05, 0.1) is 6.61 Å². The van der Waals surface area contributed by atoms with Crippen LogP contribution in [0.4, 0.5) is 0 Å². The van der Waals surface area contributed by atoms with Gasteiger partial charge in [-0.1, -0.05) is 26.3 Å². The molecule has 1 heteroatoms. The molecule has 2 fully saturated rings. The number of aliphatic hydroxyl groups excluding tert-OH is 1. The van der Waals surface area contributed by atoms with Crippen molar-refractivity contribution in [2.45, 2.75) is 53.4 Å². The monoisotopic (exact) mass is 222 g/mol. The molecule has 1 N–H and O–H groups in total. The average molecular weight is 222 g/mol. The predicted molar refractivity (Wildman–Crippen MR) is 68.2 cm³/mol. The highest BCUT2D eigenvalue weighted by molar-refractivity contribution is 5.22. The summed E-state index contributed by atoms with van der Waals surface area (Å²) in [5.74, 6) is 2.54. The van der Waals surface area contributed by atoms with Crippen molar-refractivity contribution in [1.82, 2.24) is 0 Å². The van der Waals surface area contributed by atoms with E-state index < -0.39 is 0 Å². The van der Waals surface area contributed by atoms with Crippen molar-refractivity contribution < 1.29 is 5.11 Å². The molecule has 0 radical (unpaired) electrons. The van der Waals surface area contributed by atoms with Crippen molar-refractivity contribution in [2.75, 3.05) is 6.61 Å². The molecule has 0 unspecified atom stereocenters. The van der Waals surface area contributed by atoms with Gasteiger partial charge in [-0.25, -0.2) is 0 Å². The Kier molecular flexibility index (Phi) is 3.18. The minimum absolute atomic E-state index is 0.253. The van der Waals surface area contributed by atoms with Crippen LogP contribution in [0, 0.1) is 23.2 Å². The molecular weight excluding hydrogens is 196 g/mol. The fourth-order valence-electron chi connectivity index (χ4n) is 3.97. The van der Waals surface area contributed by atoms with Crippen LogP contribution >= 0.6 is 0 Å². The molecule has 92 valence electrons. The van der Waals surface area contributed by atoms with Gasteiger partial charge in [0.2, 0.25) is 0 Å². The minimum atomic E-state index is 0.253. The zero-order chi connectivity index (χ0) is 11.9. The molecule has 16 heavy (non-hydrogen) atoms. The minimum Gasteiger partial charge on any atom is -0.392 e. The Morgan fingerprint density at radius 1 is 1.38 bits per heavy atom. The molecule has 0 saturated heterocycles. The van der Waals surface area contributed by atoms with Crippen LogP contribution in [-0.4, -0.2) is 11.7 Å². The van der Waals surface area contributed by atoms with Crippen molar-refractivity contribution in [1.29, 1.82) is 0 Å². The summed E-state index contributed by atoms with van der Waals surface area (Å²) in [6, 6.07) is 0. The van der Waals surface area contributed by atoms with Gasteiger partial charge in [-0.3, -0.25) is 0 Å². The first kappa shape index (κ1) is 12.2. The van der Waals surface area contributed by atoms with Gasteiger partial charge in [0, 0.05) is 0 Å². The van der Waals surface area contributed by atoms with Gasteiger partial charge in [-0.15, -0.1) is 0 Å². The standard InChI is InChI=1S/C15H26O/c1-10-5-6-12-13(10)7-15(3,4)8-14(12)11(2)9-16/h10,12-13,16H,5-9H2,1-4H3/b14-11+/t10-,12-,13-/m0/s1. The number of allylic oxidation sites excluding steroid dienone is 1. The quantitative estimate of drug-likeness (QED) is 0.669. The summed E-state index contributed by atoms with van der Waals surface area (Å²) in [5.41, 5.74) is 3.27. The molecule has 2 saturated carbocycles. The number of hydrogen-bond acceptors (Lipinski definition) is 1. The summed E-state index contributed by atoms with van der Waals surface area (Å²) in [5, 5.41) is 9.39. The van der Waals surface area contributed by atoms with E-state index in [0.717, 1.165) is 17.8 Å². The topological polar surface area (TPSA) is 20.2 Å². The van der Waals surface area contributed by atoms with Crippen molar-refractivity contribution in [3.8, 4) is 0 Å². The third kappa shape index (κ3) is 2.07. The second-order valence-corrected chi connectivity index (χ2v) is 6.83. The van der Waals surface area contributed by atoms with Crippen molar-refractivity contribution in [3.63, 3.8) is 0 Å². The molecule has 2 rings (SSSR count). The van der Waals surface area contributed by atoms with E-state index in [-0.39, 0.29) is 6.61 Å². The summed E-state index contributed by atoms with van der Waals surface area (Å²) in [4.78, 5) is 0. The Hall–Kier alpha value is -0.300. The van der Waals surface area contributed by atoms with Crippen molar-refractivity contribution in [3.05, 3.63) is 11.1 Å². The van der Waals surface area contributed by atoms with Gasteiger partial charge >= 0.3 is 0 Å². The normalized spacial score (nSPS) is 40.7. The number of aliphatic hydroxyl groups is 1. The van der Waals surface area contributed by atoms with Gasteiger partial charge in [0.1, 0.15) is 0 Å². The first-order valence-corrected chi connectivity index (χ1v) is 6.74. The summed E-state index contributed by atoms with van der Waals surface area (Å²) < 4.78 is 0. The fraction of sp³-hybridized carbons (Fsp3) is 0.867. The lowest BCUT2D eigenvalue weighted by Crippen LogP contribution is -2.31. The third-order valence-electron chi connectivity index (χ3n) is 4.87. The third-order valence-corrected chi connectivity index (χ3v) is 4.87. The molecule has 0 heterocycles. The molecule has 0 spiro atoms. The number of fused-ring (bicyclic) bond motifs is 1. The second kappa shape index (κ2) is 4.18. The van der Waals surface area contributed by atoms with Crippen LogP contribution in [0.25, 0.3) is 0 Å². The van der Waals surface area contributed by atoms with Crippen LogP contribution in [0.15, 0.2) is 11.1 Å². The lowest BCUT2D eigenvalue weighted by atomic mass is 9.63.